The van der Waals surface area contributed by atoms with Crippen molar-refractivity contribution in [3.8, 4) is 0 Å². The molecule has 1 fully saturated rings. The second-order valence-electron chi connectivity index (χ2n) is 8.39. The maximum Gasteiger partial charge on any atom is 0.256 e. The molecule has 0 unspecified atom stereocenters. The highest BCUT2D eigenvalue weighted by atomic mass is 35.5. The minimum absolute atomic E-state index is 0.0467. The Kier molecular flexibility index (Phi) is 6.69. The maximum absolute atomic E-state index is 13.7. The van der Waals surface area contributed by atoms with Gasteiger partial charge < -0.3 is 14.4 Å². The standard InChI is InChI=1S/C24H25ClFN3O4S/c1-3-18(30)14-29-15-20(19-6-4-16(25)12-22(19)29)24(31)28-10-8-27(9-11-28)21-7-5-17(26)13-23(21)34(2,32)33/h4-7,12-13,15H,3,8-11,14H2,1-2H3. The lowest BCUT2D eigenvalue weighted by Gasteiger charge is -2.36. The summed E-state index contributed by atoms with van der Waals surface area (Å²) in [6, 6.07) is 8.97. The highest BCUT2D eigenvalue weighted by Gasteiger charge is 2.27. The Morgan fingerprint density at radius 2 is 1.76 bits per heavy atom. The molecular weight excluding hydrogens is 481 g/mol. The van der Waals surface area contributed by atoms with E-state index in [4.69, 9.17) is 11.6 Å². The van der Waals surface area contributed by atoms with E-state index in [1.54, 1.807) is 40.8 Å². The highest BCUT2D eigenvalue weighted by Crippen LogP contribution is 2.29. The van der Waals surface area contributed by atoms with Crippen LogP contribution in [0.3, 0.4) is 0 Å². The number of piperazine rings is 1. The second-order valence-corrected chi connectivity index (χ2v) is 10.8. The summed E-state index contributed by atoms with van der Waals surface area (Å²) in [7, 11) is -3.62. The molecule has 0 N–H and O–H groups in total. The number of rotatable bonds is 6. The Morgan fingerprint density at radius 3 is 2.41 bits per heavy atom. The van der Waals surface area contributed by atoms with E-state index in [2.05, 4.69) is 0 Å². The minimum Gasteiger partial charge on any atom is -0.367 e. The van der Waals surface area contributed by atoms with Gasteiger partial charge in [0.05, 0.1) is 28.2 Å². The van der Waals surface area contributed by atoms with E-state index in [1.807, 2.05) is 4.90 Å². The molecule has 1 amide bonds. The van der Waals surface area contributed by atoms with Gasteiger partial charge in [-0.1, -0.05) is 24.6 Å². The summed E-state index contributed by atoms with van der Waals surface area (Å²) in [5.41, 5.74) is 1.64. The van der Waals surface area contributed by atoms with Gasteiger partial charge in [0.15, 0.2) is 15.6 Å². The summed E-state index contributed by atoms with van der Waals surface area (Å²) >= 11 is 6.16. The molecule has 1 aromatic heterocycles. The number of anilines is 1. The lowest BCUT2D eigenvalue weighted by Crippen LogP contribution is -2.49. The van der Waals surface area contributed by atoms with Crippen molar-refractivity contribution in [2.75, 3.05) is 37.3 Å². The number of halogens is 2. The fourth-order valence-corrected chi connectivity index (χ4v) is 5.31. The molecule has 180 valence electrons. The van der Waals surface area contributed by atoms with Crippen LogP contribution in [0, 0.1) is 5.82 Å². The predicted molar refractivity (Wildman–Crippen MR) is 130 cm³/mol. The van der Waals surface area contributed by atoms with Gasteiger partial charge in [0.2, 0.25) is 0 Å². The largest absolute Gasteiger partial charge is 0.367 e. The lowest BCUT2D eigenvalue weighted by molar-refractivity contribution is -0.119. The number of sulfone groups is 1. The number of amides is 1. The third kappa shape index (κ3) is 4.81. The third-order valence-electron chi connectivity index (χ3n) is 6.04. The molecule has 0 bridgehead atoms. The van der Waals surface area contributed by atoms with Crippen LogP contribution in [0.5, 0.6) is 0 Å². The summed E-state index contributed by atoms with van der Waals surface area (Å²) in [4.78, 5) is 29.0. The molecule has 0 saturated carbocycles. The van der Waals surface area contributed by atoms with Crippen molar-refractivity contribution in [2.24, 2.45) is 0 Å². The number of fused-ring (bicyclic) bond motifs is 1. The fraction of sp³-hybridized carbons (Fsp3) is 0.333. The predicted octanol–water partition coefficient (Wildman–Crippen LogP) is 3.78. The first kappa shape index (κ1) is 24.2. The first-order valence-corrected chi connectivity index (χ1v) is 13.2. The van der Waals surface area contributed by atoms with E-state index in [9.17, 15) is 22.4 Å². The van der Waals surface area contributed by atoms with E-state index < -0.39 is 15.7 Å². The normalized spacial score (nSPS) is 14.6. The molecule has 4 rings (SSSR count). The van der Waals surface area contributed by atoms with Gasteiger partial charge in [-0.15, -0.1) is 0 Å². The van der Waals surface area contributed by atoms with E-state index in [0.717, 1.165) is 23.2 Å². The van der Waals surface area contributed by atoms with E-state index >= 15 is 0 Å². The maximum atomic E-state index is 13.7. The van der Waals surface area contributed by atoms with Gasteiger partial charge in [-0.3, -0.25) is 9.59 Å². The van der Waals surface area contributed by atoms with Gasteiger partial charge in [-0.2, -0.15) is 0 Å². The van der Waals surface area contributed by atoms with Gasteiger partial charge in [-0.05, 0) is 30.3 Å². The first-order chi connectivity index (χ1) is 16.1. The van der Waals surface area contributed by atoms with Gasteiger partial charge in [-0.25, -0.2) is 12.8 Å². The van der Waals surface area contributed by atoms with Crippen molar-refractivity contribution >= 4 is 49.7 Å². The van der Waals surface area contributed by atoms with Gasteiger partial charge in [0.1, 0.15) is 5.82 Å². The molecule has 3 aromatic rings. The molecule has 0 spiro atoms. The van der Waals surface area contributed by atoms with E-state index in [1.165, 1.54) is 12.1 Å². The molecule has 2 heterocycles. The van der Waals surface area contributed by atoms with Crippen LogP contribution in [0.4, 0.5) is 10.1 Å². The number of aromatic nitrogens is 1. The number of carbonyl (C=O) groups excluding carboxylic acids is 2. The van der Waals surface area contributed by atoms with Crippen molar-refractivity contribution in [3.05, 3.63) is 59.0 Å². The zero-order valence-electron chi connectivity index (χ0n) is 18.9. The van der Waals surface area contributed by atoms with Crippen molar-refractivity contribution in [2.45, 2.75) is 24.8 Å². The van der Waals surface area contributed by atoms with Crippen molar-refractivity contribution < 1.29 is 22.4 Å². The number of Topliss-reactive ketones (excluding diaryl/α,β-unsaturated/α-hetero) is 1. The topological polar surface area (TPSA) is 79.7 Å². The molecule has 2 aromatic carbocycles. The Balaban J connectivity index is 1.58. The van der Waals surface area contributed by atoms with Crippen LogP contribution in [0.1, 0.15) is 23.7 Å². The molecule has 0 atom stereocenters. The smallest absolute Gasteiger partial charge is 0.256 e. The Hall–Kier alpha value is -2.91. The van der Waals surface area contributed by atoms with Crippen molar-refractivity contribution in [1.82, 2.24) is 9.47 Å². The van der Waals surface area contributed by atoms with Gasteiger partial charge in [0.25, 0.3) is 5.91 Å². The Labute approximate surface area is 202 Å². The quantitative estimate of drug-likeness (QED) is 0.509. The van der Waals surface area contributed by atoms with Crippen LogP contribution in [0.2, 0.25) is 5.02 Å². The number of hydrogen-bond donors (Lipinski definition) is 0. The fourth-order valence-electron chi connectivity index (χ4n) is 4.24. The summed E-state index contributed by atoms with van der Waals surface area (Å²) < 4.78 is 39.8. The third-order valence-corrected chi connectivity index (χ3v) is 7.41. The molecule has 1 aliphatic rings. The first-order valence-electron chi connectivity index (χ1n) is 10.9. The Morgan fingerprint density at radius 1 is 1.06 bits per heavy atom. The number of ketones is 1. The molecule has 1 saturated heterocycles. The molecule has 7 nitrogen and oxygen atoms in total. The zero-order chi connectivity index (χ0) is 24.6. The van der Waals surface area contributed by atoms with Crippen molar-refractivity contribution in [1.29, 1.82) is 0 Å². The van der Waals surface area contributed by atoms with Crippen LogP contribution in [-0.4, -0.2) is 62.0 Å². The average molecular weight is 506 g/mol. The monoisotopic (exact) mass is 505 g/mol. The Bertz CT molecular complexity index is 1380. The summed E-state index contributed by atoms with van der Waals surface area (Å²) in [6.45, 7) is 3.49. The number of carbonyl (C=O) groups is 2. The van der Waals surface area contributed by atoms with Crippen LogP contribution >= 0.6 is 11.6 Å². The lowest BCUT2D eigenvalue weighted by atomic mass is 10.1. The summed E-state index contributed by atoms with van der Waals surface area (Å²) in [5, 5.41) is 1.24. The zero-order valence-corrected chi connectivity index (χ0v) is 20.5. The molecular formula is C24H25ClFN3O4S. The number of nitrogens with zero attached hydrogens (tertiary/aromatic N) is 3. The second kappa shape index (κ2) is 9.38. The molecule has 0 radical (unpaired) electrons. The average Bonchev–Trinajstić information content (AvgIpc) is 3.15. The highest BCUT2D eigenvalue weighted by molar-refractivity contribution is 7.90. The summed E-state index contributed by atoms with van der Waals surface area (Å²) in [5.74, 6) is -0.737. The van der Waals surface area contributed by atoms with Gasteiger partial charge >= 0.3 is 0 Å². The summed E-state index contributed by atoms with van der Waals surface area (Å²) in [6.07, 6.45) is 3.14. The van der Waals surface area contributed by atoms with Gasteiger partial charge in [0, 0.05) is 55.5 Å². The SMILES string of the molecule is CCC(=O)Cn1cc(C(=O)N2CCN(c3ccc(F)cc3S(C)(=O)=O)CC2)c2ccc(Cl)cc21. The van der Waals surface area contributed by atoms with E-state index in [0.29, 0.717) is 48.9 Å². The van der Waals surface area contributed by atoms with Crippen LogP contribution in [0.25, 0.3) is 10.9 Å². The minimum atomic E-state index is -3.62. The molecule has 0 aliphatic carbocycles. The van der Waals surface area contributed by atoms with Crippen LogP contribution in [0.15, 0.2) is 47.5 Å². The number of benzene rings is 2. The molecule has 10 heteroatoms. The van der Waals surface area contributed by atoms with Crippen LogP contribution in [-0.2, 0) is 21.2 Å². The van der Waals surface area contributed by atoms with Crippen LogP contribution < -0.4 is 4.90 Å². The molecule has 34 heavy (non-hydrogen) atoms. The number of hydrogen-bond acceptors (Lipinski definition) is 5. The molecule has 1 aliphatic heterocycles. The van der Waals surface area contributed by atoms with Crippen molar-refractivity contribution in [3.63, 3.8) is 0 Å². The van der Waals surface area contributed by atoms with E-state index in [-0.39, 0.29) is 23.1 Å².